The number of rotatable bonds is 7. The van der Waals surface area contributed by atoms with Gasteiger partial charge in [-0.2, -0.15) is 4.98 Å². The van der Waals surface area contributed by atoms with Crippen LogP contribution in [0.15, 0.2) is 28.8 Å². The molecule has 1 aliphatic rings. The lowest BCUT2D eigenvalue weighted by Crippen LogP contribution is -2.35. The first kappa shape index (κ1) is 17.9. The number of nitrogens with zero attached hydrogens (tertiary/aromatic N) is 3. The Morgan fingerprint density at radius 2 is 2.12 bits per heavy atom. The SMILES string of the molecule is O=C(O)CCCCN1CCCC(c2nc(-c3ccc(Cl)cc3)no2)C1. The first-order chi connectivity index (χ1) is 12.1. The summed E-state index contributed by atoms with van der Waals surface area (Å²) in [6.07, 6.45) is 3.98. The van der Waals surface area contributed by atoms with Crippen LogP contribution in [0.4, 0.5) is 0 Å². The number of benzene rings is 1. The molecule has 1 atom stereocenters. The summed E-state index contributed by atoms with van der Waals surface area (Å²) in [5.41, 5.74) is 0.890. The van der Waals surface area contributed by atoms with Crippen LogP contribution in [0.3, 0.4) is 0 Å². The number of hydrogen-bond donors (Lipinski definition) is 1. The number of carboxylic acids is 1. The number of carboxylic acid groups (broad SMARTS) is 1. The number of halogens is 1. The highest BCUT2D eigenvalue weighted by atomic mass is 35.5. The predicted octanol–water partition coefficient (Wildman–Crippen LogP) is 3.82. The fourth-order valence-corrected chi connectivity index (χ4v) is 3.32. The minimum atomic E-state index is -0.725. The number of likely N-dealkylation sites (tertiary alicyclic amines) is 1. The van der Waals surface area contributed by atoms with Crippen molar-refractivity contribution < 1.29 is 14.4 Å². The third-order valence-corrected chi connectivity index (χ3v) is 4.77. The maximum atomic E-state index is 10.6. The lowest BCUT2D eigenvalue weighted by Gasteiger charge is -2.30. The Bertz CT molecular complexity index is 702. The van der Waals surface area contributed by atoms with Gasteiger partial charge in [-0.05, 0) is 63.0 Å². The van der Waals surface area contributed by atoms with Crippen molar-refractivity contribution in [3.8, 4) is 11.4 Å². The highest BCUT2D eigenvalue weighted by molar-refractivity contribution is 6.30. The normalized spacial score (nSPS) is 18.4. The van der Waals surface area contributed by atoms with Crippen LogP contribution in [0.1, 0.15) is 43.9 Å². The van der Waals surface area contributed by atoms with Crippen LogP contribution in [0.2, 0.25) is 5.02 Å². The van der Waals surface area contributed by atoms with Crippen molar-refractivity contribution in [2.45, 2.75) is 38.0 Å². The Labute approximate surface area is 151 Å². The van der Waals surface area contributed by atoms with Crippen LogP contribution in [0.25, 0.3) is 11.4 Å². The molecule has 0 spiro atoms. The van der Waals surface area contributed by atoms with Crippen LogP contribution in [0, 0.1) is 0 Å². The summed E-state index contributed by atoms with van der Waals surface area (Å²) < 4.78 is 5.50. The van der Waals surface area contributed by atoms with Crippen molar-refractivity contribution in [2.24, 2.45) is 0 Å². The summed E-state index contributed by atoms with van der Waals surface area (Å²) in [5.74, 6) is 0.782. The van der Waals surface area contributed by atoms with Gasteiger partial charge < -0.3 is 14.5 Å². The summed E-state index contributed by atoms with van der Waals surface area (Å²) >= 11 is 5.91. The van der Waals surface area contributed by atoms with Gasteiger partial charge in [0.25, 0.3) is 0 Å². The van der Waals surface area contributed by atoms with Gasteiger partial charge in [-0.3, -0.25) is 4.79 Å². The predicted molar refractivity (Wildman–Crippen MR) is 94.6 cm³/mol. The van der Waals surface area contributed by atoms with Gasteiger partial charge in [-0.15, -0.1) is 0 Å². The maximum Gasteiger partial charge on any atom is 0.303 e. The molecule has 6 nitrogen and oxygen atoms in total. The van der Waals surface area contributed by atoms with E-state index in [1.807, 2.05) is 24.3 Å². The molecule has 0 radical (unpaired) electrons. The third-order valence-electron chi connectivity index (χ3n) is 4.51. The first-order valence-electron chi connectivity index (χ1n) is 8.65. The zero-order valence-electron chi connectivity index (χ0n) is 14.0. The van der Waals surface area contributed by atoms with E-state index >= 15 is 0 Å². The smallest absolute Gasteiger partial charge is 0.303 e. The Morgan fingerprint density at radius 3 is 2.88 bits per heavy atom. The van der Waals surface area contributed by atoms with E-state index in [0.29, 0.717) is 16.7 Å². The van der Waals surface area contributed by atoms with Crippen LogP contribution < -0.4 is 0 Å². The minimum absolute atomic E-state index is 0.238. The number of hydrogen-bond acceptors (Lipinski definition) is 5. The minimum Gasteiger partial charge on any atom is -0.481 e. The summed E-state index contributed by atoms with van der Waals surface area (Å²) in [7, 11) is 0. The van der Waals surface area contributed by atoms with E-state index in [0.717, 1.165) is 50.9 Å². The fraction of sp³-hybridized carbons (Fsp3) is 0.500. The number of aromatic nitrogens is 2. The average molecular weight is 364 g/mol. The third kappa shape index (κ3) is 5.03. The van der Waals surface area contributed by atoms with Gasteiger partial charge in [0.2, 0.25) is 11.7 Å². The van der Waals surface area contributed by atoms with Gasteiger partial charge in [-0.1, -0.05) is 16.8 Å². The maximum absolute atomic E-state index is 10.6. The molecule has 2 heterocycles. The van der Waals surface area contributed by atoms with E-state index in [1.54, 1.807) is 0 Å². The molecule has 134 valence electrons. The van der Waals surface area contributed by atoms with Gasteiger partial charge in [0, 0.05) is 23.6 Å². The Hall–Kier alpha value is -1.92. The molecule has 0 saturated carbocycles. The molecule has 1 saturated heterocycles. The van der Waals surface area contributed by atoms with Crippen LogP contribution in [0.5, 0.6) is 0 Å². The number of piperidine rings is 1. The average Bonchev–Trinajstić information content (AvgIpc) is 3.10. The van der Waals surface area contributed by atoms with Crippen molar-refractivity contribution >= 4 is 17.6 Å². The van der Waals surface area contributed by atoms with E-state index < -0.39 is 5.97 Å². The monoisotopic (exact) mass is 363 g/mol. The Kier molecular flexibility index (Phi) is 6.04. The lowest BCUT2D eigenvalue weighted by atomic mass is 9.97. The van der Waals surface area contributed by atoms with Crippen LogP contribution >= 0.6 is 11.6 Å². The standard InChI is InChI=1S/C18H22ClN3O3/c19-15-8-6-13(7-9-15)17-20-18(25-21-17)14-4-3-11-22(12-14)10-2-1-5-16(23)24/h6-9,14H,1-5,10-12H2,(H,23,24). The second kappa shape index (κ2) is 8.45. The summed E-state index contributed by atoms with van der Waals surface area (Å²) in [6, 6.07) is 7.39. The zero-order valence-corrected chi connectivity index (χ0v) is 14.8. The number of carbonyl (C=O) groups is 1. The molecule has 25 heavy (non-hydrogen) atoms. The lowest BCUT2D eigenvalue weighted by molar-refractivity contribution is -0.137. The van der Waals surface area contributed by atoms with Gasteiger partial charge in [0.05, 0.1) is 5.92 Å². The molecular formula is C18H22ClN3O3. The van der Waals surface area contributed by atoms with Crippen molar-refractivity contribution in [1.29, 1.82) is 0 Å². The number of unbranched alkanes of at least 4 members (excludes halogenated alkanes) is 1. The van der Waals surface area contributed by atoms with Gasteiger partial charge in [0.1, 0.15) is 0 Å². The van der Waals surface area contributed by atoms with E-state index in [2.05, 4.69) is 15.0 Å². The molecule has 3 rings (SSSR count). The molecule has 7 heteroatoms. The molecule has 0 bridgehead atoms. The zero-order chi connectivity index (χ0) is 17.6. The summed E-state index contributed by atoms with van der Waals surface area (Å²) in [4.78, 5) is 17.5. The highest BCUT2D eigenvalue weighted by Crippen LogP contribution is 2.28. The van der Waals surface area contributed by atoms with Crippen LogP contribution in [-0.2, 0) is 4.79 Å². The molecule has 1 N–H and O–H groups in total. The summed E-state index contributed by atoms with van der Waals surface area (Å²) in [6.45, 7) is 2.85. The van der Waals surface area contributed by atoms with Crippen molar-refractivity contribution in [2.75, 3.05) is 19.6 Å². The van der Waals surface area contributed by atoms with E-state index in [-0.39, 0.29) is 12.3 Å². The second-order valence-corrected chi connectivity index (χ2v) is 6.89. The molecule has 2 aromatic rings. The number of aliphatic carboxylic acids is 1. The molecule has 1 unspecified atom stereocenters. The van der Waals surface area contributed by atoms with E-state index in [4.69, 9.17) is 21.2 Å². The first-order valence-corrected chi connectivity index (χ1v) is 9.03. The highest BCUT2D eigenvalue weighted by Gasteiger charge is 2.26. The molecule has 1 aromatic carbocycles. The second-order valence-electron chi connectivity index (χ2n) is 6.45. The van der Waals surface area contributed by atoms with E-state index in [9.17, 15) is 4.79 Å². The van der Waals surface area contributed by atoms with Gasteiger partial charge in [-0.25, -0.2) is 0 Å². The fourth-order valence-electron chi connectivity index (χ4n) is 3.19. The summed E-state index contributed by atoms with van der Waals surface area (Å²) in [5, 5.41) is 13.5. The molecule has 1 aromatic heterocycles. The topological polar surface area (TPSA) is 79.5 Å². The van der Waals surface area contributed by atoms with Gasteiger partial charge >= 0.3 is 5.97 Å². The molecule has 0 aliphatic carbocycles. The van der Waals surface area contributed by atoms with Crippen molar-refractivity contribution in [1.82, 2.24) is 15.0 Å². The van der Waals surface area contributed by atoms with Crippen LogP contribution in [-0.4, -0.2) is 45.8 Å². The van der Waals surface area contributed by atoms with E-state index in [1.165, 1.54) is 0 Å². The molecule has 1 fully saturated rings. The van der Waals surface area contributed by atoms with Gasteiger partial charge in [0.15, 0.2) is 0 Å². The Morgan fingerprint density at radius 1 is 1.32 bits per heavy atom. The quantitative estimate of drug-likeness (QED) is 0.753. The molecule has 1 aliphatic heterocycles. The molecular weight excluding hydrogens is 342 g/mol. The van der Waals surface area contributed by atoms with Crippen molar-refractivity contribution in [3.63, 3.8) is 0 Å². The Balaban J connectivity index is 1.56. The largest absolute Gasteiger partial charge is 0.481 e. The van der Waals surface area contributed by atoms with Crippen molar-refractivity contribution in [3.05, 3.63) is 35.2 Å². The molecule has 0 amide bonds.